The number of hydrogen-bond acceptors (Lipinski definition) is 5. The number of halogens is 1. The first-order valence-electron chi connectivity index (χ1n) is 8.59. The molecule has 1 aromatic heterocycles. The number of ether oxygens (including phenoxy) is 2. The van der Waals surface area contributed by atoms with E-state index in [9.17, 15) is 19.1 Å². The van der Waals surface area contributed by atoms with Crippen LogP contribution in [0.15, 0.2) is 42.6 Å². The second-order valence-corrected chi connectivity index (χ2v) is 6.07. The smallest absolute Gasteiger partial charge is 0.342 e. The van der Waals surface area contributed by atoms with Crippen molar-refractivity contribution in [3.05, 3.63) is 70.7 Å². The van der Waals surface area contributed by atoms with E-state index in [1.165, 1.54) is 25.3 Å². The first kappa shape index (κ1) is 19.3. The Kier molecular flexibility index (Phi) is 5.54. The second-order valence-electron chi connectivity index (χ2n) is 6.07. The number of aromatic carboxylic acids is 1. The van der Waals surface area contributed by atoms with E-state index in [0.29, 0.717) is 11.8 Å². The highest BCUT2D eigenvalue weighted by atomic mass is 19.1. The SMILES string of the molecule is CCOC(=O)c1cc(C(=O)O)c2cc(Cc3ccc(F)cc3)cnc2c1OC. The number of fused-ring (bicyclic) bond motifs is 1. The average Bonchev–Trinajstić information content (AvgIpc) is 2.68. The summed E-state index contributed by atoms with van der Waals surface area (Å²) in [6.07, 6.45) is 2.03. The fourth-order valence-corrected chi connectivity index (χ4v) is 2.99. The number of benzene rings is 2. The monoisotopic (exact) mass is 383 g/mol. The first-order valence-corrected chi connectivity index (χ1v) is 8.59. The van der Waals surface area contributed by atoms with Gasteiger partial charge in [0.25, 0.3) is 0 Å². The standard InChI is InChI=1S/C21H18FNO5/c1-3-28-21(26)17-10-16(20(24)25)15-9-13(11-23-18(15)19(17)27-2)8-12-4-6-14(22)7-5-12/h4-7,9-11H,3,8H2,1-2H3,(H,24,25). The molecule has 28 heavy (non-hydrogen) atoms. The summed E-state index contributed by atoms with van der Waals surface area (Å²) in [4.78, 5) is 28.4. The van der Waals surface area contributed by atoms with Gasteiger partial charge in [-0.3, -0.25) is 4.98 Å². The number of carbonyl (C=O) groups is 2. The van der Waals surface area contributed by atoms with E-state index in [2.05, 4.69) is 4.98 Å². The predicted molar refractivity (Wildman–Crippen MR) is 100 cm³/mol. The van der Waals surface area contributed by atoms with Gasteiger partial charge in [0.05, 0.1) is 19.3 Å². The van der Waals surface area contributed by atoms with Crippen LogP contribution < -0.4 is 4.74 Å². The van der Waals surface area contributed by atoms with Gasteiger partial charge in [0.15, 0.2) is 5.75 Å². The molecule has 1 heterocycles. The Balaban J connectivity index is 2.14. The minimum atomic E-state index is -1.20. The number of methoxy groups -OCH3 is 1. The maximum Gasteiger partial charge on any atom is 0.342 e. The fraction of sp³-hybridized carbons (Fsp3) is 0.190. The molecule has 144 valence electrons. The van der Waals surface area contributed by atoms with Crippen molar-refractivity contribution >= 4 is 22.8 Å². The van der Waals surface area contributed by atoms with Gasteiger partial charge in [-0.25, -0.2) is 14.0 Å². The van der Waals surface area contributed by atoms with Crippen LogP contribution in [0.4, 0.5) is 4.39 Å². The lowest BCUT2D eigenvalue weighted by molar-refractivity contribution is 0.0523. The molecule has 3 aromatic rings. The van der Waals surface area contributed by atoms with E-state index in [0.717, 1.165) is 11.1 Å². The highest BCUT2D eigenvalue weighted by Crippen LogP contribution is 2.33. The third-order valence-electron chi connectivity index (χ3n) is 4.23. The number of aromatic nitrogens is 1. The number of rotatable bonds is 6. The molecule has 1 N–H and O–H groups in total. The van der Waals surface area contributed by atoms with Crippen molar-refractivity contribution in [1.29, 1.82) is 0 Å². The predicted octanol–water partition coefficient (Wildman–Crippen LogP) is 3.85. The van der Waals surface area contributed by atoms with Crippen LogP contribution in [-0.4, -0.2) is 35.7 Å². The molecule has 0 radical (unpaired) electrons. The van der Waals surface area contributed by atoms with Gasteiger partial charge in [-0.15, -0.1) is 0 Å². The molecule has 0 aliphatic rings. The molecule has 6 nitrogen and oxygen atoms in total. The van der Waals surface area contributed by atoms with Crippen molar-refractivity contribution in [2.24, 2.45) is 0 Å². The molecule has 0 aliphatic carbocycles. The van der Waals surface area contributed by atoms with Gasteiger partial charge >= 0.3 is 11.9 Å². The van der Waals surface area contributed by atoms with Crippen LogP contribution in [0, 0.1) is 5.82 Å². The molecule has 0 aliphatic heterocycles. The number of esters is 1. The maximum absolute atomic E-state index is 13.1. The van der Waals surface area contributed by atoms with Gasteiger partial charge < -0.3 is 14.6 Å². The summed E-state index contributed by atoms with van der Waals surface area (Å²) in [7, 11) is 1.38. The van der Waals surface area contributed by atoms with Crippen LogP contribution in [0.5, 0.6) is 5.75 Å². The fourth-order valence-electron chi connectivity index (χ4n) is 2.99. The average molecular weight is 383 g/mol. The molecule has 7 heteroatoms. The van der Waals surface area contributed by atoms with Crippen molar-refractivity contribution in [3.8, 4) is 5.75 Å². The summed E-state index contributed by atoms with van der Waals surface area (Å²) < 4.78 is 23.4. The highest BCUT2D eigenvalue weighted by molar-refractivity contribution is 6.09. The lowest BCUT2D eigenvalue weighted by atomic mass is 9.99. The van der Waals surface area contributed by atoms with Gasteiger partial charge in [-0.2, -0.15) is 0 Å². The molecule has 0 amide bonds. The Bertz CT molecular complexity index is 1050. The Labute approximate surface area is 160 Å². The lowest BCUT2D eigenvalue weighted by Crippen LogP contribution is -2.10. The van der Waals surface area contributed by atoms with Gasteiger partial charge in [-0.05, 0) is 48.7 Å². The lowest BCUT2D eigenvalue weighted by Gasteiger charge is -2.13. The van der Waals surface area contributed by atoms with Crippen LogP contribution in [0.1, 0.15) is 38.8 Å². The molecule has 2 aromatic carbocycles. The molecular formula is C21H18FNO5. The molecule has 3 rings (SSSR count). The number of carbonyl (C=O) groups excluding carboxylic acids is 1. The first-order chi connectivity index (χ1) is 13.4. The normalized spacial score (nSPS) is 10.7. The third kappa shape index (κ3) is 3.78. The summed E-state index contributed by atoms with van der Waals surface area (Å²) in [6, 6.07) is 8.96. The molecule has 0 bridgehead atoms. The van der Waals surface area contributed by atoms with E-state index in [4.69, 9.17) is 9.47 Å². The van der Waals surface area contributed by atoms with Gasteiger partial charge in [0.1, 0.15) is 16.9 Å². The molecule has 0 fully saturated rings. The minimum Gasteiger partial charge on any atom is -0.494 e. The number of hydrogen-bond donors (Lipinski definition) is 1. The Morgan fingerprint density at radius 3 is 2.43 bits per heavy atom. The maximum atomic E-state index is 13.1. The van der Waals surface area contributed by atoms with Gasteiger partial charge in [0.2, 0.25) is 0 Å². The molecular weight excluding hydrogens is 365 g/mol. The van der Waals surface area contributed by atoms with Crippen molar-refractivity contribution in [2.45, 2.75) is 13.3 Å². The largest absolute Gasteiger partial charge is 0.494 e. The van der Waals surface area contributed by atoms with E-state index in [1.807, 2.05) is 0 Å². The van der Waals surface area contributed by atoms with Gasteiger partial charge in [-0.1, -0.05) is 12.1 Å². The van der Waals surface area contributed by atoms with Crippen LogP contribution >= 0.6 is 0 Å². The Morgan fingerprint density at radius 1 is 1.11 bits per heavy atom. The van der Waals surface area contributed by atoms with E-state index in [-0.39, 0.29) is 34.8 Å². The summed E-state index contributed by atoms with van der Waals surface area (Å²) in [5.41, 5.74) is 1.79. The van der Waals surface area contributed by atoms with Crippen molar-refractivity contribution < 1.29 is 28.6 Å². The highest BCUT2D eigenvalue weighted by Gasteiger charge is 2.23. The number of nitrogens with zero attached hydrogens (tertiary/aromatic N) is 1. The van der Waals surface area contributed by atoms with Crippen LogP contribution in [0.25, 0.3) is 10.9 Å². The molecule has 0 saturated heterocycles. The van der Waals surface area contributed by atoms with Crippen molar-refractivity contribution in [3.63, 3.8) is 0 Å². The zero-order valence-corrected chi connectivity index (χ0v) is 15.4. The van der Waals surface area contributed by atoms with Gasteiger partial charge in [0, 0.05) is 11.6 Å². The molecule has 0 atom stereocenters. The summed E-state index contributed by atoms with van der Waals surface area (Å²) >= 11 is 0. The molecule has 0 spiro atoms. The van der Waals surface area contributed by atoms with Crippen molar-refractivity contribution in [2.75, 3.05) is 13.7 Å². The zero-order valence-electron chi connectivity index (χ0n) is 15.4. The third-order valence-corrected chi connectivity index (χ3v) is 4.23. The minimum absolute atomic E-state index is 0.00744. The number of carboxylic acids is 1. The quantitative estimate of drug-likeness (QED) is 0.651. The number of pyridine rings is 1. The second kappa shape index (κ2) is 8.04. The Morgan fingerprint density at radius 2 is 1.82 bits per heavy atom. The topological polar surface area (TPSA) is 85.7 Å². The van der Waals surface area contributed by atoms with Crippen LogP contribution in [0.3, 0.4) is 0 Å². The van der Waals surface area contributed by atoms with Crippen LogP contribution in [0.2, 0.25) is 0 Å². The zero-order chi connectivity index (χ0) is 20.3. The van der Waals surface area contributed by atoms with Crippen molar-refractivity contribution in [1.82, 2.24) is 4.98 Å². The summed E-state index contributed by atoms with van der Waals surface area (Å²) in [5.74, 6) is -2.04. The Hall–Kier alpha value is -3.48. The number of carboxylic acid groups (broad SMARTS) is 1. The molecule has 0 saturated carbocycles. The van der Waals surface area contributed by atoms with E-state index in [1.54, 1.807) is 31.3 Å². The van der Waals surface area contributed by atoms with Crippen LogP contribution in [-0.2, 0) is 11.2 Å². The van der Waals surface area contributed by atoms with E-state index >= 15 is 0 Å². The summed E-state index contributed by atoms with van der Waals surface area (Å²) in [6.45, 7) is 1.80. The summed E-state index contributed by atoms with van der Waals surface area (Å²) in [5, 5.41) is 9.98. The molecule has 0 unspecified atom stereocenters. The van der Waals surface area contributed by atoms with E-state index < -0.39 is 11.9 Å².